The Morgan fingerprint density at radius 3 is 2.22 bits per heavy atom. The van der Waals surface area contributed by atoms with Gasteiger partial charge in [-0.3, -0.25) is 0 Å². The number of nitrogens with one attached hydrogen (secondary N) is 1. The average molecular weight is 288 g/mol. The molecular formula is C15H23Cl2N. The largest absolute Gasteiger partial charge is 0.312 e. The first-order valence-corrected chi connectivity index (χ1v) is 7.04. The Bertz CT molecular complexity index is 405. The van der Waals surface area contributed by atoms with Gasteiger partial charge in [-0.05, 0) is 56.4 Å². The van der Waals surface area contributed by atoms with Crippen LogP contribution in [0.5, 0.6) is 0 Å². The molecule has 0 fully saturated rings. The SMILES string of the molecule is CC(C)(CNC(C)(C)C)Cc1cc(Cl)ccc1Cl. The van der Waals surface area contributed by atoms with Crippen LogP contribution in [0.2, 0.25) is 10.0 Å². The normalized spacial score (nSPS) is 12.8. The summed E-state index contributed by atoms with van der Waals surface area (Å²) < 4.78 is 0. The maximum absolute atomic E-state index is 6.21. The van der Waals surface area contributed by atoms with Crippen molar-refractivity contribution in [3.63, 3.8) is 0 Å². The summed E-state index contributed by atoms with van der Waals surface area (Å²) >= 11 is 12.2. The molecular weight excluding hydrogens is 265 g/mol. The molecule has 1 nitrogen and oxygen atoms in total. The van der Waals surface area contributed by atoms with Crippen molar-refractivity contribution in [2.75, 3.05) is 6.54 Å². The van der Waals surface area contributed by atoms with E-state index >= 15 is 0 Å². The van der Waals surface area contributed by atoms with Gasteiger partial charge in [0.25, 0.3) is 0 Å². The van der Waals surface area contributed by atoms with Crippen molar-refractivity contribution < 1.29 is 0 Å². The summed E-state index contributed by atoms with van der Waals surface area (Å²) in [6.07, 6.45) is 0.912. The maximum Gasteiger partial charge on any atom is 0.0439 e. The molecule has 102 valence electrons. The Hall–Kier alpha value is -0.240. The van der Waals surface area contributed by atoms with Crippen molar-refractivity contribution in [3.8, 4) is 0 Å². The van der Waals surface area contributed by atoms with Gasteiger partial charge in [-0.25, -0.2) is 0 Å². The third-order valence-electron chi connectivity index (χ3n) is 2.77. The van der Waals surface area contributed by atoms with Gasteiger partial charge >= 0.3 is 0 Å². The highest BCUT2D eigenvalue weighted by molar-refractivity contribution is 6.33. The third kappa shape index (κ3) is 5.60. The molecule has 1 rings (SSSR count). The number of rotatable bonds is 4. The van der Waals surface area contributed by atoms with Crippen molar-refractivity contribution in [2.45, 2.75) is 46.6 Å². The zero-order valence-corrected chi connectivity index (χ0v) is 13.4. The predicted octanol–water partition coefficient (Wildman–Crippen LogP) is 4.95. The Morgan fingerprint density at radius 2 is 1.67 bits per heavy atom. The fourth-order valence-corrected chi connectivity index (χ4v) is 2.14. The van der Waals surface area contributed by atoms with E-state index in [1.54, 1.807) is 0 Å². The van der Waals surface area contributed by atoms with Crippen LogP contribution in [0, 0.1) is 5.41 Å². The number of hydrogen-bond acceptors (Lipinski definition) is 1. The summed E-state index contributed by atoms with van der Waals surface area (Å²) in [6, 6.07) is 5.66. The monoisotopic (exact) mass is 287 g/mol. The van der Waals surface area contributed by atoms with Gasteiger partial charge in [-0.1, -0.05) is 37.0 Å². The summed E-state index contributed by atoms with van der Waals surface area (Å²) in [7, 11) is 0. The van der Waals surface area contributed by atoms with Crippen LogP contribution in [-0.2, 0) is 6.42 Å². The molecule has 0 aromatic heterocycles. The fourth-order valence-electron chi connectivity index (χ4n) is 1.76. The second-order valence-electron chi connectivity index (χ2n) is 6.68. The molecule has 0 amide bonds. The molecule has 0 unspecified atom stereocenters. The van der Waals surface area contributed by atoms with E-state index in [-0.39, 0.29) is 11.0 Å². The topological polar surface area (TPSA) is 12.0 Å². The summed E-state index contributed by atoms with van der Waals surface area (Å²) in [5, 5.41) is 5.08. The van der Waals surface area contributed by atoms with E-state index in [1.165, 1.54) is 0 Å². The molecule has 3 heteroatoms. The van der Waals surface area contributed by atoms with Crippen molar-refractivity contribution in [2.24, 2.45) is 5.41 Å². The van der Waals surface area contributed by atoms with Crippen LogP contribution < -0.4 is 5.32 Å². The molecule has 0 saturated heterocycles. The lowest BCUT2D eigenvalue weighted by Crippen LogP contribution is -2.42. The molecule has 0 saturated carbocycles. The number of halogens is 2. The molecule has 1 aromatic rings. The second-order valence-corrected chi connectivity index (χ2v) is 7.52. The van der Waals surface area contributed by atoms with E-state index in [2.05, 4.69) is 39.9 Å². The summed E-state index contributed by atoms with van der Waals surface area (Å²) in [4.78, 5) is 0. The Kier molecular flexibility index (Phi) is 5.11. The molecule has 1 aromatic carbocycles. The maximum atomic E-state index is 6.21. The van der Waals surface area contributed by atoms with Crippen LogP contribution in [0.1, 0.15) is 40.2 Å². The first kappa shape index (κ1) is 15.8. The predicted molar refractivity (Wildman–Crippen MR) is 81.7 cm³/mol. The second kappa shape index (κ2) is 5.81. The van der Waals surface area contributed by atoms with Crippen LogP contribution in [0.3, 0.4) is 0 Å². The first-order valence-electron chi connectivity index (χ1n) is 6.28. The molecule has 0 aliphatic rings. The highest BCUT2D eigenvalue weighted by atomic mass is 35.5. The summed E-state index contributed by atoms with van der Waals surface area (Å²) in [6.45, 7) is 12.0. The highest BCUT2D eigenvalue weighted by Gasteiger charge is 2.22. The van der Waals surface area contributed by atoms with E-state index in [9.17, 15) is 0 Å². The van der Waals surface area contributed by atoms with Crippen LogP contribution in [0.4, 0.5) is 0 Å². The molecule has 0 radical (unpaired) electrons. The van der Waals surface area contributed by atoms with Gasteiger partial charge in [0, 0.05) is 22.1 Å². The van der Waals surface area contributed by atoms with E-state index in [0.717, 1.165) is 28.6 Å². The van der Waals surface area contributed by atoms with Crippen molar-refractivity contribution in [1.29, 1.82) is 0 Å². The molecule has 0 bridgehead atoms. The lowest BCUT2D eigenvalue weighted by molar-refractivity contribution is 0.289. The van der Waals surface area contributed by atoms with Crippen molar-refractivity contribution in [1.82, 2.24) is 5.32 Å². The smallest absolute Gasteiger partial charge is 0.0439 e. The van der Waals surface area contributed by atoms with Gasteiger partial charge in [-0.2, -0.15) is 0 Å². The molecule has 0 aliphatic carbocycles. The third-order valence-corrected chi connectivity index (χ3v) is 3.38. The highest BCUT2D eigenvalue weighted by Crippen LogP contribution is 2.28. The Morgan fingerprint density at radius 1 is 1.06 bits per heavy atom. The van der Waals surface area contributed by atoms with Crippen LogP contribution in [0.25, 0.3) is 0 Å². The van der Waals surface area contributed by atoms with Gasteiger partial charge in [0.15, 0.2) is 0 Å². The van der Waals surface area contributed by atoms with Gasteiger partial charge in [0.1, 0.15) is 0 Å². The molecule has 0 aliphatic heterocycles. The number of benzene rings is 1. The van der Waals surface area contributed by atoms with Gasteiger partial charge in [-0.15, -0.1) is 0 Å². The minimum absolute atomic E-state index is 0.134. The Balaban J connectivity index is 2.72. The van der Waals surface area contributed by atoms with E-state index in [1.807, 2.05) is 18.2 Å². The van der Waals surface area contributed by atoms with Crippen molar-refractivity contribution >= 4 is 23.2 Å². The minimum atomic E-state index is 0.134. The summed E-state index contributed by atoms with van der Waals surface area (Å²) in [5.41, 5.74) is 1.39. The molecule has 0 heterocycles. The summed E-state index contributed by atoms with van der Waals surface area (Å²) in [5.74, 6) is 0. The van der Waals surface area contributed by atoms with Crippen LogP contribution >= 0.6 is 23.2 Å². The van der Waals surface area contributed by atoms with Crippen LogP contribution in [-0.4, -0.2) is 12.1 Å². The zero-order chi connectivity index (χ0) is 14.0. The molecule has 0 atom stereocenters. The van der Waals surface area contributed by atoms with Gasteiger partial charge in [0.2, 0.25) is 0 Å². The average Bonchev–Trinajstić information content (AvgIpc) is 2.20. The Labute approximate surface area is 121 Å². The molecule has 0 spiro atoms. The van der Waals surface area contributed by atoms with E-state index in [0.29, 0.717) is 0 Å². The van der Waals surface area contributed by atoms with Gasteiger partial charge in [0.05, 0.1) is 0 Å². The van der Waals surface area contributed by atoms with Crippen LogP contribution in [0.15, 0.2) is 18.2 Å². The zero-order valence-electron chi connectivity index (χ0n) is 11.9. The standard InChI is InChI=1S/C15H23Cl2N/c1-14(2,3)18-10-15(4,5)9-11-8-12(16)6-7-13(11)17/h6-8,18H,9-10H2,1-5H3. The van der Waals surface area contributed by atoms with Crippen molar-refractivity contribution in [3.05, 3.63) is 33.8 Å². The number of hydrogen-bond donors (Lipinski definition) is 1. The van der Waals surface area contributed by atoms with Gasteiger partial charge < -0.3 is 5.32 Å². The first-order chi connectivity index (χ1) is 8.09. The fraction of sp³-hybridized carbons (Fsp3) is 0.600. The quantitative estimate of drug-likeness (QED) is 0.826. The van der Waals surface area contributed by atoms with E-state index < -0.39 is 0 Å². The molecule has 18 heavy (non-hydrogen) atoms. The lowest BCUT2D eigenvalue weighted by Gasteiger charge is -2.31. The minimum Gasteiger partial charge on any atom is -0.312 e. The van der Waals surface area contributed by atoms with E-state index in [4.69, 9.17) is 23.2 Å². The lowest BCUT2D eigenvalue weighted by atomic mass is 9.85. The molecule has 1 N–H and O–H groups in total.